The lowest BCUT2D eigenvalue weighted by Crippen LogP contribution is -2.09. The Labute approximate surface area is 139 Å². The predicted molar refractivity (Wildman–Crippen MR) is 94.3 cm³/mol. The van der Waals surface area contributed by atoms with Crippen LogP contribution in [0.3, 0.4) is 0 Å². The van der Waals surface area contributed by atoms with Crippen LogP contribution in [0.2, 0.25) is 0 Å². The standard InChI is InChI=1S/C16H20IN3O/c1-3-10-21-11-13-19-15(12-8-6-5-7-9-12)14(17)16(20-13)18-4-2/h5-9H,3-4,10-11H2,1-2H3,(H,18,19,20). The van der Waals surface area contributed by atoms with E-state index in [1.165, 1.54) is 0 Å². The van der Waals surface area contributed by atoms with Crippen molar-refractivity contribution in [1.82, 2.24) is 9.97 Å². The number of rotatable bonds is 7. The highest BCUT2D eigenvalue weighted by Crippen LogP contribution is 2.28. The molecule has 4 nitrogen and oxygen atoms in total. The number of anilines is 1. The van der Waals surface area contributed by atoms with Crippen LogP contribution in [0.25, 0.3) is 11.3 Å². The molecule has 0 amide bonds. The van der Waals surface area contributed by atoms with Crippen molar-refractivity contribution in [1.29, 1.82) is 0 Å². The fraction of sp³-hybridized carbons (Fsp3) is 0.375. The highest BCUT2D eigenvalue weighted by Gasteiger charge is 2.13. The van der Waals surface area contributed by atoms with Gasteiger partial charge in [-0.1, -0.05) is 37.3 Å². The van der Waals surface area contributed by atoms with Crippen LogP contribution in [-0.2, 0) is 11.3 Å². The molecule has 0 fully saturated rings. The maximum atomic E-state index is 5.58. The minimum absolute atomic E-state index is 0.447. The van der Waals surface area contributed by atoms with E-state index in [1.807, 2.05) is 18.2 Å². The molecule has 112 valence electrons. The van der Waals surface area contributed by atoms with Crippen LogP contribution >= 0.6 is 22.6 Å². The molecule has 2 rings (SSSR count). The van der Waals surface area contributed by atoms with E-state index >= 15 is 0 Å². The molecule has 0 aliphatic rings. The van der Waals surface area contributed by atoms with Crippen LogP contribution in [0.15, 0.2) is 30.3 Å². The van der Waals surface area contributed by atoms with E-state index in [2.05, 4.69) is 63.9 Å². The van der Waals surface area contributed by atoms with Crippen molar-refractivity contribution in [3.05, 3.63) is 39.7 Å². The summed E-state index contributed by atoms with van der Waals surface area (Å²) in [5.74, 6) is 1.60. The number of nitrogens with one attached hydrogen (secondary N) is 1. The molecule has 1 aromatic carbocycles. The summed E-state index contributed by atoms with van der Waals surface area (Å²) in [4.78, 5) is 9.24. The van der Waals surface area contributed by atoms with E-state index in [0.29, 0.717) is 6.61 Å². The average molecular weight is 397 g/mol. The lowest BCUT2D eigenvalue weighted by atomic mass is 10.1. The number of aromatic nitrogens is 2. The van der Waals surface area contributed by atoms with Gasteiger partial charge in [0.25, 0.3) is 0 Å². The Bertz CT molecular complexity index is 575. The Morgan fingerprint density at radius 1 is 1.14 bits per heavy atom. The smallest absolute Gasteiger partial charge is 0.157 e. The third kappa shape index (κ3) is 4.38. The summed E-state index contributed by atoms with van der Waals surface area (Å²) in [6, 6.07) is 10.2. The quantitative estimate of drug-likeness (QED) is 0.565. The van der Waals surface area contributed by atoms with Gasteiger partial charge in [-0.3, -0.25) is 0 Å². The number of ether oxygens (including phenoxy) is 1. The van der Waals surface area contributed by atoms with Crippen LogP contribution in [-0.4, -0.2) is 23.1 Å². The lowest BCUT2D eigenvalue weighted by Gasteiger charge is -2.12. The van der Waals surface area contributed by atoms with Gasteiger partial charge in [-0.25, -0.2) is 9.97 Å². The molecular formula is C16H20IN3O. The molecule has 0 atom stereocenters. The van der Waals surface area contributed by atoms with Crippen molar-refractivity contribution in [3.8, 4) is 11.3 Å². The van der Waals surface area contributed by atoms with E-state index in [0.717, 1.165) is 46.0 Å². The van der Waals surface area contributed by atoms with E-state index < -0.39 is 0 Å². The van der Waals surface area contributed by atoms with Crippen LogP contribution < -0.4 is 5.32 Å². The molecule has 2 aromatic rings. The van der Waals surface area contributed by atoms with E-state index in [4.69, 9.17) is 4.74 Å². The molecule has 0 unspecified atom stereocenters. The van der Waals surface area contributed by atoms with Crippen LogP contribution in [0.5, 0.6) is 0 Å². The van der Waals surface area contributed by atoms with E-state index in [-0.39, 0.29) is 0 Å². The van der Waals surface area contributed by atoms with E-state index in [1.54, 1.807) is 0 Å². The van der Waals surface area contributed by atoms with Gasteiger partial charge < -0.3 is 10.1 Å². The second-order valence-electron chi connectivity index (χ2n) is 4.60. The van der Waals surface area contributed by atoms with Crippen molar-refractivity contribution in [2.75, 3.05) is 18.5 Å². The average Bonchev–Trinajstić information content (AvgIpc) is 2.51. The molecule has 1 N–H and O–H groups in total. The van der Waals surface area contributed by atoms with Crippen molar-refractivity contribution in [2.24, 2.45) is 0 Å². The van der Waals surface area contributed by atoms with Crippen LogP contribution in [0, 0.1) is 3.57 Å². The maximum Gasteiger partial charge on any atom is 0.157 e. The number of hydrogen-bond donors (Lipinski definition) is 1. The van der Waals surface area contributed by atoms with Crippen molar-refractivity contribution in [2.45, 2.75) is 26.9 Å². The number of nitrogens with zero attached hydrogens (tertiary/aromatic N) is 2. The first-order valence-electron chi connectivity index (χ1n) is 7.19. The summed E-state index contributed by atoms with van der Waals surface area (Å²) in [6.07, 6.45) is 0.996. The van der Waals surface area contributed by atoms with Gasteiger partial charge in [-0.15, -0.1) is 0 Å². The molecule has 21 heavy (non-hydrogen) atoms. The largest absolute Gasteiger partial charge is 0.373 e. The summed E-state index contributed by atoms with van der Waals surface area (Å²) in [6.45, 7) is 6.16. The molecule has 0 aliphatic heterocycles. The van der Waals surface area contributed by atoms with Crippen LogP contribution in [0.4, 0.5) is 5.82 Å². The molecule has 0 saturated carbocycles. The fourth-order valence-corrected chi connectivity index (χ4v) is 2.68. The molecule has 1 aromatic heterocycles. The molecule has 1 heterocycles. The third-order valence-corrected chi connectivity index (χ3v) is 3.89. The van der Waals surface area contributed by atoms with Gasteiger partial charge in [0.2, 0.25) is 0 Å². The Kier molecular flexibility index (Phi) is 6.38. The molecule has 0 radical (unpaired) electrons. The minimum Gasteiger partial charge on any atom is -0.373 e. The Morgan fingerprint density at radius 2 is 1.90 bits per heavy atom. The molecule has 0 bridgehead atoms. The zero-order valence-electron chi connectivity index (χ0n) is 12.4. The zero-order valence-corrected chi connectivity index (χ0v) is 14.6. The van der Waals surface area contributed by atoms with Gasteiger partial charge >= 0.3 is 0 Å². The van der Waals surface area contributed by atoms with Gasteiger partial charge in [0.05, 0.1) is 9.26 Å². The highest BCUT2D eigenvalue weighted by atomic mass is 127. The molecule has 5 heteroatoms. The Hall–Kier alpha value is -1.21. The van der Waals surface area contributed by atoms with Gasteiger partial charge in [-0.05, 0) is 35.9 Å². The minimum atomic E-state index is 0.447. The van der Waals surface area contributed by atoms with Crippen molar-refractivity contribution < 1.29 is 4.74 Å². The number of halogens is 1. The molecule has 0 aliphatic carbocycles. The number of benzene rings is 1. The SMILES string of the molecule is CCCOCc1nc(NCC)c(I)c(-c2ccccc2)n1. The highest BCUT2D eigenvalue weighted by molar-refractivity contribution is 14.1. The predicted octanol–water partition coefficient (Wildman–Crippen LogP) is 4.11. The first-order valence-corrected chi connectivity index (χ1v) is 8.27. The van der Waals surface area contributed by atoms with Gasteiger partial charge in [0, 0.05) is 18.7 Å². The third-order valence-electron chi connectivity index (χ3n) is 2.87. The molecular weight excluding hydrogens is 377 g/mol. The second-order valence-corrected chi connectivity index (χ2v) is 5.68. The fourth-order valence-electron chi connectivity index (χ4n) is 1.94. The molecule has 0 spiro atoms. The summed E-state index contributed by atoms with van der Waals surface area (Å²) in [5.41, 5.74) is 2.05. The summed E-state index contributed by atoms with van der Waals surface area (Å²) in [7, 11) is 0. The summed E-state index contributed by atoms with van der Waals surface area (Å²) in [5, 5.41) is 3.30. The monoisotopic (exact) mass is 397 g/mol. The van der Waals surface area contributed by atoms with Gasteiger partial charge in [-0.2, -0.15) is 0 Å². The first-order chi connectivity index (χ1) is 10.3. The first kappa shape index (κ1) is 16.2. The van der Waals surface area contributed by atoms with Crippen molar-refractivity contribution in [3.63, 3.8) is 0 Å². The Morgan fingerprint density at radius 3 is 2.57 bits per heavy atom. The summed E-state index contributed by atoms with van der Waals surface area (Å²) < 4.78 is 6.62. The number of hydrogen-bond acceptors (Lipinski definition) is 4. The van der Waals surface area contributed by atoms with Gasteiger partial charge in [0.1, 0.15) is 12.4 Å². The summed E-state index contributed by atoms with van der Waals surface area (Å²) >= 11 is 2.30. The lowest BCUT2D eigenvalue weighted by molar-refractivity contribution is 0.116. The topological polar surface area (TPSA) is 47.0 Å². The zero-order chi connectivity index (χ0) is 15.1. The second kappa shape index (κ2) is 8.29. The van der Waals surface area contributed by atoms with Crippen molar-refractivity contribution >= 4 is 28.4 Å². The van der Waals surface area contributed by atoms with Crippen LogP contribution in [0.1, 0.15) is 26.1 Å². The van der Waals surface area contributed by atoms with E-state index in [9.17, 15) is 0 Å². The molecule has 0 saturated heterocycles. The Balaban J connectivity index is 2.37. The van der Waals surface area contributed by atoms with Gasteiger partial charge in [0.15, 0.2) is 5.82 Å². The normalized spacial score (nSPS) is 10.6. The maximum absolute atomic E-state index is 5.58.